The van der Waals surface area contributed by atoms with E-state index in [9.17, 15) is 41.9 Å². The number of carbonyl (C=O) groups is 5. The zero-order chi connectivity index (χ0) is 40.9. The predicted molar refractivity (Wildman–Crippen MR) is 207 cm³/mol. The van der Waals surface area contributed by atoms with Gasteiger partial charge in [-0.15, -0.1) is 0 Å². The van der Waals surface area contributed by atoms with E-state index in [4.69, 9.17) is 4.42 Å². The minimum absolute atomic E-state index is 0.00438. The molecule has 3 amide bonds. The summed E-state index contributed by atoms with van der Waals surface area (Å²) in [6.45, 7) is 0.944. The number of nitrogens with one attached hydrogen (secondary N) is 4. The molecule has 2 fully saturated rings. The van der Waals surface area contributed by atoms with Crippen LogP contribution in [-0.2, 0) is 46.2 Å². The van der Waals surface area contributed by atoms with E-state index < -0.39 is 68.9 Å². The van der Waals surface area contributed by atoms with E-state index in [-0.39, 0.29) is 41.5 Å². The standard InChI is InChI=1S/C41H43FN4O10S/c1-3-55-39(51)33(48)20-32(47)27-8-6-7-24(17-27)21-44-40(52)41(15-4-5-16-41)46-35(49)22-45-57(53,54)23-28-18-34-31(19-30(28)25-9-10-25)36(38(50)43-2)37(56-34)26-11-13-29(42)14-12-26/h6-8,11-14,17-20,25,45,47H,3-5,9-10,15-16,21-23H2,1-2H3,(H,43,50)(H,44,52)(H,46,49)/b32-20-. The third-order valence-corrected chi connectivity index (χ3v) is 11.3. The van der Waals surface area contributed by atoms with Gasteiger partial charge >= 0.3 is 5.97 Å². The molecule has 57 heavy (non-hydrogen) atoms. The highest BCUT2D eigenvalue weighted by Crippen LogP contribution is 2.45. The number of hydrogen-bond donors (Lipinski definition) is 5. The molecule has 16 heteroatoms. The van der Waals surface area contributed by atoms with Crippen molar-refractivity contribution < 1.29 is 51.0 Å². The second-order valence-electron chi connectivity index (χ2n) is 14.1. The van der Waals surface area contributed by atoms with Crippen LogP contribution in [0.2, 0.25) is 0 Å². The Balaban J connectivity index is 1.12. The van der Waals surface area contributed by atoms with Crippen molar-refractivity contribution in [1.29, 1.82) is 0 Å². The van der Waals surface area contributed by atoms with Crippen molar-refractivity contribution in [2.24, 2.45) is 0 Å². The summed E-state index contributed by atoms with van der Waals surface area (Å²) in [7, 11) is -2.62. The van der Waals surface area contributed by atoms with Gasteiger partial charge in [0, 0.05) is 36.2 Å². The number of aliphatic hydroxyl groups is 1. The summed E-state index contributed by atoms with van der Waals surface area (Å²) >= 11 is 0. The molecule has 2 aliphatic rings. The van der Waals surface area contributed by atoms with Gasteiger partial charge in [0.15, 0.2) is 0 Å². The summed E-state index contributed by atoms with van der Waals surface area (Å²) in [5.74, 6) is -4.79. The van der Waals surface area contributed by atoms with E-state index in [1.165, 1.54) is 43.4 Å². The Kier molecular flexibility index (Phi) is 12.2. The van der Waals surface area contributed by atoms with Crippen LogP contribution in [0, 0.1) is 5.82 Å². The molecular formula is C41H43FN4O10S. The van der Waals surface area contributed by atoms with E-state index in [2.05, 4.69) is 25.4 Å². The van der Waals surface area contributed by atoms with Gasteiger partial charge in [-0.1, -0.05) is 31.0 Å². The van der Waals surface area contributed by atoms with E-state index in [1.807, 2.05) is 0 Å². The molecule has 0 atom stereocenters. The Morgan fingerprint density at radius 1 is 1.02 bits per heavy atom. The minimum Gasteiger partial charge on any atom is -0.507 e. The van der Waals surface area contributed by atoms with Gasteiger partial charge in [-0.3, -0.25) is 19.2 Å². The van der Waals surface area contributed by atoms with Gasteiger partial charge < -0.3 is 30.2 Å². The van der Waals surface area contributed by atoms with Crippen molar-refractivity contribution in [3.05, 3.63) is 100 Å². The lowest BCUT2D eigenvalue weighted by molar-refractivity contribution is -0.151. The molecule has 2 saturated carbocycles. The number of rotatable bonds is 16. The van der Waals surface area contributed by atoms with Gasteiger partial charge in [0.1, 0.15) is 28.5 Å². The number of ether oxygens (including phenoxy) is 1. The molecule has 0 saturated heterocycles. The van der Waals surface area contributed by atoms with Gasteiger partial charge in [-0.2, -0.15) is 0 Å². The number of halogens is 1. The third-order valence-electron chi connectivity index (χ3n) is 10.0. The molecule has 0 radical (unpaired) electrons. The number of ketones is 1. The largest absolute Gasteiger partial charge is 0.507 e. The lowest BCUT2D eigenvalue weighted by atomic mass is 9.96. The summed E-state index contributed by atoms with van der Waals surface area (Å²) in [4.78, 5) is 63.5. The monoisotopic (exact) mass is 802 g/mol. The zero-order valence-electron chi connectivity index (χ0n) is 31.4. The second-order valence-corrected chi connectivity index (χ2v) is 15.9. The lowest BCUT2D eigenvalue weighted by Gasteiger charge is -2.29. The quantitative estimate of drug-likeness (QED) is 0.0458. The first-order valence-electron chi connectivity index (χ1n) is 18.6. The summed E-state index contributed by atoms with van der Waals surface area (Å²) in [5.41, 5.74) is 1.71. The highest BCUT2D eigenvalue weighted by atomic mass is 32.2. The normalized spacial score (nSPS) is 15.2. The van der Waals surface area contributed by atoms with Crippen molar-refractivity contribution in [2.75, 3.05) is 20.2 Å². The number of furan rings is 1. The summed E-state index contributed by atoms with van der Waals surface area (Å²) < 4.78 is 53.7. The molecule has 300 valence electrons. The number of sulfonamides is 1. The van der Waals surface area contributed by atoms with Crippen molar-refractivity contribution in [3.63, 3.8) is 0 Å². The molecule has 2 aliphatic carbocycles. The molecule has 4 aromatic rings. The van der Waals surface area contributed by atoms with Crippen LogP contribution in [0.3, 0.4) is 0 Å². The van der Waals surface area contributed by atoms with Crippen LogP contribution in [0.4, 0.5) is 4.39 Å². The molecule has 1 heterocycles. The van der Waals surface area contributed by atoms with Crippen LogP contribution in [0.25, 0.3) is 28.1 Å². The van der Waals surface area contributed by atoms with Gasteiger partial charge in [-0.25, -0.2) is 22.3 Å². The number of esters is 1. The smallest absolute Gasteiger partial charge is 0.379 e. The molecule has 6 rings (SSSR count). The predicted octanol–water partition coefficient (Wildman–Crippen LogP) is 4.67. The van der Waals surface area contributed by atoms with E-state index in [0.29, 0.717) is 47.8 Å². The van der Waals surface area contributed by atoms with Crippen molar-refractivity contribution >= 4 is 56.2 Å². The summed E-state index contributed by atoms with van der Waals surface area (Å²) in [6, 6.07) is 15.2. The number of amides is 3. The Morgan fingerprint density at radius 3 is 2.40 bits per heavy atom. The first-order valence-corrected chi connectivity index (χ1v) is 20.2. The van der Waals surface area contributed by atoms with Gasteiger partial charge in [0.25, 0.3) is 11.7 Å². The fraction of sp³-hybridized carbons (Fsp3) is 0.341. The number of hydrogen-bond acceptors (Lipinski definition) is 10. The Hall–Kier alpha value is -5.87. The van der Waals surface area contributed by atoms with Crippen LogP contribution < -0.4 is 20.7 Å². The average Bonchev–Trinajstić information content (AvgIpc) is 3.81. The maximum atomic E-state index is 13.7. The highest BCUT2D eigenvalue weighted by molar-refractivity contribution is 7.88. The first-order chi connectivity index (χ1) is 27.2. The van der Waals surface area contributed by atoms with E-state index >= 15 is 0 Å². The highest BCUT2D eigenvalue weighted by Gasteiger charge is 2.42. The van der Waals surface area contributed by atoms with Crippen LogP contribution in [-0.4, -0.2) is 68.7 Å². The van der Waals surface area contributed by atoms with Crippen LogP contribution in [0.5, 0.6) is 0 Å². The molecule has 5 N–H and O–H groups in total. The lowest BCUT2D eigenvalue weighted by Crippen LogP contribution is -2.58. The average molecular weight is 803 g/mol. The first kappa shape index (κ1) is 40.8. The number of benzene rings is 3. The zero-order valence-corrected chi connectivity index (χ0v) is 32.2. The van der Waals surface area contributed by atoms with Crippen molar-refractivity contribution in [3.8, 4) is 11.3 Å². The number of carbonyl (C=O) groups excluding carboxylic acids is 5. The molecule has 3 aromatic carbocycles. The second kappa shape index (κ2) is 17.1. The van der Waals surface area contributed by atoms with Crippen LogP contribution in [0.1, 0.15) is 84.0 Å². The molecule has 1 aromatic heterocycles. The topological polar surface area (TPSA) is 210 Å². The SMILES string of the molecule is CCOC(=O)C(=O)/C=C(\O)c1cccc(CNC(=O)C2(NC(=O)CNS(=O)(=O)Cc3cc4oc(-c5ccc(F)cc5)c(C(=O)NC)c4cc3C3CC3)CCCC2)c1. The summed E-state index contributed by atoms with van der Waals surface area (Å²) in [5, 5.41) is 19.1. The van der Waals surface area contributed by atoms with Gasteiger partial charge in [-0.05, 0) is 97.7 Å². The maximum absolute atomic E-state index is 13.7. The van der Waals surface area contributed by atoms with Crippen LogP contribution >= 0.6 is 0 Å². The molecule has 0 spiro atoms. The van der Waals surface area contributed by atoms with Crippen LogP contribution in [0.15, 0.2) is 71.2 Å². The molecule has 0 aliphatic heterocycles. The molecule has 0 unspecified atom stereocenters. The van der Waals surface area contributed by atoms with Crippen molar-refractivity contribution in [2.45, 2.75) is 69.2 Å². The maximum Gasteiger partial charge on any atom is 0.379 e. The fourth-order valence-corrected chi connectivity index (χ4v) is 8.16. The molecule has 14 nitrogen and oxygen atoms in total. The number of aliphatic hydroxyl groups excluding tert-OH is 1. The van der Waals surface area contributed by atoms with Gasteiger partial charge in [0.05, 0.1) is 24.5 Å². The van der Waals surface area contributed by atoms with E-state index in [0.717, 1.165) is 24.5 Å². The third kappa shape index (κ3) is 9.57. The van der Waals surface area contributed by atoms with Crippen molar-refractivity contribution in [1.82, 2.24) is 20.7 Å². The summed E-state index contributed by atoms with van der Waals surface area (Å²) in [6.07, 6.45) is 4.41. The fourth-order valence-electron chi connectivity index (χ4n) is 7.05. The Bertz CT molecular complexity index is 2360. The Morgan fingerprint density at radius 2 is 1.74 bits per heavy atom. The Labute approximate surface area is 328 Å². The minimum atomic E-state index is -4.10. The van der Waals surface area contributed by atoms with E-state index in [1.54, 1.807) is 31.2 Å². The van der Waals surface area contributed by atoms with Gasteiger partial charge in [0.2, 0.25) is 21.8 Å². The molecule has 0 bridgehead atoms. The number of fused-ring (bicyclic) bond motifs is 1. The molecular weight excluding hydrogens is 760 g/mol.